The maximum Gasteiger partial charge on any atom is 0.225 e. The normalized spacial score (nSPS) is 18.8. The summed E-state index contributed by atoms with van der Waals surface area (Å²) in [4.78, 5) is 24.4. The number of carbonyl (C=O) groups excluding carboxylic acids is 1. The maximum absolute atomic E-state index is 13.0. The van der Waals surface area contributed by atoms with E-state index in [4.69, 9.17) is 4.74 Å². The second-order valence-electron chi connectivity index (χ2n) is 7.92. The number of carbonyl (C=O) groups is 1. The molecule has 2 saturated heterocycles. The van der Waals surface area contributed by atoms with E-state index in [2.05, 4.69) is 37.2 Å². The van der Waals surface area contributed by atoms with Gasteiger partial charge < -0.3 is 14.5 Å². The van der Waals surface area contributed by atoms with Crippen molar-refractivity contribution in [2.24, 2.45) is 5.92 Å². The summed E-state index contributed by atoms with van der Waals surface area (Å²) >= 11 is 1.71. The van der Waals surface area contributed by atoms with Gasteiger partial charge in [-0.05, 0) is 57.1 Å². The van der Waals surface area contributed by atoms with Crippen LogP contribution in [-0.4, -0.2) is 67.1 Å². The summed E-state index contributed by atoms with van der Waals surface area (Å²) in [6.07, 6.45) is 1.92. The van der Waals surface area contributed by atoms with Gasteiger partial charge in [0, 0.05) is 49.7 Å². The second kappa shape index (κ2) is 9.13. The van der Waals surface area contributed by atoms with Crippen LogP contribution in [0.4, 0.5) is 5.69 Å². The number of nitrogens with zero attached hydrogens (tertiary/aromatic N) is 4. The Morgan fingerprint density at radius 1 is 1.10 bits per heavy atom. The van der Waals surface area contributed by atoms with Crippen LogP contribution < -0.4 is 9.64 Å². The van der Waals surface area contributed by atoms with Crippen molar-refractivity contribution in [2.75, 3.05) is 51.3 Å². The first kappa shape index (κ1) is 20.2. The van der Waals surface area contributed by atoms with Crippen LogP contribution in [0.15, 0.2) is 29.6 Å². The van der Waals surface area contributed by atoms with Crippen LogP contribution in [0.5, 0.6) is 5.75 Å². The molecule has 2 aromatic rings. The highest BCUT2D eigenvalue weighted by Gasteiger charge is 2.30. The van der Waals surface area contributed by atoms with Gasteiger partial charge in [-0.3, -0.25) is 9.69 Å². The average molecular weight is 415 g/mol. The summed E-state index contributed by atoms with van der Waals surface area (Å²) in [6, 6.07) is 8.17. The lowest BCUT2D eigenvalue weighted by Crippen LogP contribution is -2.51. The van der Waals surface area contributed by atoms with Crippen molar-refractivity contribution in [3.63, 3.8) is 0 Å². The van der Waals surface area contributed by atoms with Crippen molar-refractivity contribution in [1.82, 2.24) is 14.8 Å². The lowest BCUT2D eigenvalue weighted by molar-refractivity contribution is -0.137. The molecule has 0 radical (unpaired) electrons. The topological polar surface area (TPSA) is 48.9 Å². The van der Waals surface area contributed by atoms with Crippen molar-refractivity contribution in [3.05, 3.63) is 40.3 Å². The number of benzene rings is 1. The predicted octanol–water partition coefficient (Wildman–Crippen LogP) is 3.02. The quantitative estimate of drug-likeness (QED) is 0.753. The molecule has 0 bridgehead atoms. The van der Waals surface area contributed by atoms with E-state index in [-0.39, 0.29) is 5.92 Å². The van der Waals surface area contributed by atoms with E-state index in [1.807, 2.05) is 19.1 Å². The van der Waals surface area contributed by atoms with Gasteiger partial charge in [-0.25, -0.2) is 4.98 Å². The molecule has 0 unspecified atom stereocenters. The molecule has 156 valence electrons. The highest BCUT2D eigenvalue weighted by atomic mass is 32.1. The van der Waals surface area contributed by atoms with Crippen molar-refractivity contribution in [3.8, 4) is 5.75 Å². The van der Waals surface area contributed by atoms with E-state index in [1.54, 1.807) is 18.4 Å². The molecule has 0 atom stereocenters. The first-order valence-electron chi connectivity index (χ1n) is 10.4. The zero-order valence-corrected chi connectivity index (χ0v) is 18.2. The molecule has 2 fully saturated rings. The van der Waals surface area contributed by atoms with Crippen LogP contribution in [0.1, 0.15) is 23.5 Å². The van der Waals surface area contributed by atoms with Gasteiger partial charge in [0.25, 0.3) is 0 Å². The van der Waals surface area contributed by atoms with Crippen LogP contribution in [0.2, 0.25) is 0 Å². The Morgan fingerprint density at radius 2 is 1.79 bits per heavy atom. The number of amides is 1. The number of ether oxygens (including phenoxy) is 1. The van der Waals surface area contributed by atoms with Gasteiger partial charge in [0.2, 0.25) is 5.91 Å². The van der Waals surface area contributed by atoms with Crippen molar-refractivity contribution in [1.29, 1.82) is 0 Å². The Bertz CT molecular complexity index is 806. The van der Waals surface area contributed by atoms with Crippen LogP contribution in [0.3, 0.4) is 0 Å². The molecule has 3 heterocycles. The third-order valence-corrected chi connectivity index (χ3v) is 6.84. The summed E-state index contributed by atoms with van der Waals surface area (Å²) in [5.41, 5.74) is 2.36. The Balaban J connectivity index is 1.23. The zero-order chi connectivity index (χ0) is 20.2. The Labute approximate surface area is 177 Å². The molecule has 2 aliphatic rings. The highest BCUT2D eigenvalue weighted by molar-refractivity contribution is 7.09. The minimum atomic E-state index is 0.177. The van der Waals surface area contributed by atoms with Crippen LogP contribution in [0.25, 0.3) is 0 Å². The lowest BCUT2D eigenvalue weighted by atomic mass is 9.95. The first-order chi connectivity index (χ1) is 14.1. The number of hydrogen-bond donors (Lipinski definition) is 0. The molecule has 6 nitrogen and oxygen atoms in total. The highest BCUT2D eigenvalue weighted by Crippen LogP contribution is 2.24. The molecule has 0 saturated carbocycles. The number of thiazole rings is 1. The minimum Gasteiger partial charge on any atom is -0.497 e. The maximum atomic E-state index is 13.0. The fraction of sp³-hybridized carbons (Fsp3) is 0.545. The van der Waals surface area contributed by atoms with E-state index in [0.29, 0.717) is 5.91 Å². The fourth-order valence-electron chi connectivity index (χ4n) is 4.28. The smallest absolute Gasteiger partial charge is 0.225 e. The average Bonchev–Trinajstić information content (AvgIpc) is 3.18. The van der Waals surface area contributed by atoms with Crippen LogP contribution in [-0.2, 0) is 11.3 Å². The third-order valence-electron chi connectivity index (χ3n) is 6.02. The summed E-state index contributed by atoms with van der Waals surface area (Å²) in [5.74, 6) is 1.40. The summed E-state index contributed by atoms with van der Waals surface area (Å²) in [7, 11) is 1.68. The van der Waals surface area contributed by atoms with Gasteiger partial charge in [0.15, 0.2) is 0 Å². The molecule has 1 amide bonds. The third kappa shape index (κ3) is 4.90. The second-order valence-corrected chi connectivity index (χ2v) is 8.98. The van der Waals surface area contributed by atoms with Gasteiger partial charge in [0.1, 0.15) is 5.75 Å². The molecule has 0 spiro atoms. The van der Waals surface area contributed by atoms with Crippen molar-refractivity contribution >= 4 is 22.9 Å². The van der Waals surface area contributed by atoms with Gasteiger partial charge in [-0.1, -0.05) is 0 Å². The Morgan fingerprint density at radius 3 is 2.38 bits per heavy atom. The molecule has 1 aromatic heterocycles. The van der Waals surface area contributed by atoms with E-state index >= 15 is 0 Å². The number of aromatic nitrogens is 1. The summed E-state index contributed by atoms with van der Waals surface area (Å²) in [6.45, 7) is 8.32. The Kier molecular flexibility index (Phi) is 6.35. The predicted molar refractivity (Wildman–Crippen MR) is 117 cm³/mol. The molecule has 1 aromatic carbocycles. The molecular weight excluding hydrogens is 384 g/mol. The molecule has 7 heteroatoms. The number of piperidine rings is 1. The largest absolute Gasteiger partial charge is 0.497 e. The minimum absolute atomic E-state index is 0.177. The fourth-order valence-corrected chi connectivity index (χ4v) is 4.89. The monoisotopic (exact) mass is 414 g/mol. The van der Waals surface area contributed by atoms with Crippen LogP contribution in [0, 0.1) is 12.8 Å². The number of hydrogen-bond acceptors (Lipinski definition) is 6. The lowest BCUT2D eigenvalue weighted by Gasteiger charge is -2.39. The molecule has 0 N–H and O–H groups in total. The summed E-state index contributed by atoms with van der Waals surface area (Å²) in [5, 5.41) is 3.27. The van der Waals surface area contributed by atoms with Gasteiger partial charge in [-0.2, -0.15) is 0 Å². The molecule has 29 heavy (non-hydrogen) atoms. The standard InChI is InChI=1S/C22H30N4O2S/c1-17-23-19(16-29-17)15-24-9-7-18(8-10-24)22(27)26-13-11-25(12-14-26)20-3-5-21(28-2)6-4-20/h3-6,16,18H,7-15H2,1-2H3. The molecule has 4 rings (SSSR count). The zero-order valence-electron chi connectivity index (χ0n) is 17.3. The van der Waals surface area contributed by atoms with Gasteiger partial charge in [-0.15, -0.1) is 11.3 Å². The molecular formula is C22H30N4O2S. The Hall–Kier alpha value is -2.12. The summed E-state index contributed by atoms with van der Waals surface area (Å²) < 4.78 is 5.24. The number of rotatable bonds is 5. The number of likely N-dealkylation sites (tertiary alicyclic amines) is 1. The van der Waals surface area contributed by atoms with Crippen molar-refractivity contribution < 1.29 is 9.53 Å². The van der Waals surface area contributed by atoms with Gasteiger partial charge >= 0.3 is 0 Å². The number of aryl methyl sites for hydroxylation is 1. The molecule has 0 aliphatic carbocycles. The van der Waals surface area contributed by atoms with Crippen LogP contribution >= 0.6 is 11.3 Å². The molecule has 2 aliphatic heterocycles. The number of anilines is 1. The van der Waals surface area contributed by atoms with E-state index < -0.39 is 0 Å². The van der Waals surface area contributed by atoms with E-state index in [1.165, 1.54) is 5.69 Å². The van der Waals surface area contributed by atoms with E-state index in [9.17, 15) is 4.79 Å². The first-order valence-corrected chi connectivity index (χ1v) is 11.3. The van der Waals surface area contributed by atoms with Crippen molar-refractivity contribution in [2.45, 2.75) is 26.3 Å². The SMILES string of the molecule is COc1ccc(N2CCN(C(=O)C3CCN(Cc4csc(C)n4)CC3)CC2)cc1. The number of methoxy groups -OCH3 is 1. The van der Waals surface area contributed by atoms with Gasteiger partial charge in [0.05, 0.1) is 17.8 Å². The number of piperazine rings is 1. The van der Waals surface area contributed by atoms with E-state index in [0.717, 1.165) is 75.1 Å².